The summed E-state index contributed by atoms with van der Waals surface area (Å²) >= 11 is 5.32. The van der Waals surface area contributed by atoms with Crippen molar-refractivity contribution in [3.8, 4) is 17.2 Å². The van der Waals surface area contributed by atoms with E-state index in [4.69, 9.17) is 26.1 Å². The standard InChI is InChI=1S/C30H23N3O6S/c1-37-27-14-9-20(16-21(27)18-32(36)19-25-8-5-15-38-25)17-26-28(34)31-30(40)33(29(26)35)22-10-12-24(13-11-22)39-23-6-3-2-4-7-23/h2-17H,18-19H2,1H3/p+1/b26-17+. The predicted octanol–water partition coefficient (Wildman–Crippen LogP) is 5.39. The molecule has 40 heavy (non-hydrogen) atoms. The van der Waals surface area contributed by atoms with E-state index in [2.05, 4.69) is 5.32 Å². The number of methoxy groups -OCH3 is 1. The molecular weight excluding hydrogens is 530 g/mol. The number of nitrogens with one attached hydrogen (secondary N) is 1. The summed E-state index contributed by atoms with van der Waals surface area (Å²) in [6, 6.07) is 24.6. The van der Waals surface area contributed by atoms with Crippen molar-refractivity contribution in [1.82, 2.24) is 5.32 Å². The average molecular weight is 555 g/mol. The second-order valence-corrected chi connectivity index (χ2v) is 9.20. The zero-order valence-electron chi connectivity index (χ0n) is 21.4. The SMILES string of the molecule is COc1ccc(/C=C2\C(=O)NC(=S)N(c3ccc(Oc4ccccc4)cc3)C2=O)cc1C[N+](=O)Cc1ccco1. The molecule has 9 nitrogen and oxygen atoms in total. The lowest BCUT2D eigenvalue weighted by Gasteiger charge is -2.29. The van der Waals surface area contributed by atoms with Gasteiger partial charge in [-0.3, -0.25) is 19.8 Å². The number of rotatable bonds is 9. The maximum absolute atomic E-state index is 13.5. The zero-order chi connectivity index (χ0) is 28.1. The van der Waals surface area contributed by atoms with Gasteiger partial charge in [0.2, 0.25) is 13.1 Å². The van der Waals surface area contributed by atoms with Crippen molar-refractivity contribution in [2.75, 3.05) is 12.0 Å². The van der Waals surface area contributed by atoms with Crippen molar-refractivity contribution in [2.24, 2.45) is 0 Å². The average Bonchev–Trinajstić information content (AvgIpc) is 3.45. The number of anilines is 1. The Hall–Kier alpha value is -5.09. The van der Waals surface area contributed by atoms with Crippen LogP contribution in [0.4, 0.5) is 5.69 Å². The first-order valence-corrected chi connectivity index (χ1v) is 12.7. The van der Waals surface area contributed by atoms with Crippen LogP contribution in [-0.4, -0.2) is 28.8 Å². The fourth-order valence-electron chi connectivity index (χ4n) is 4.18. The molecule has 1 aliphatic rings. The zero-order valence-corrected chi connectivity index (χ0v) is 22.2. The molecule has 0 saturated carbocycles. The summed E-state index contributed by atoms with van der Waals surface area (Å²) in [5, 5.41) is 2.55. The molecular formula is C30H24N3O6S+. The van der Waals surface area contributed by atoms with Crippen molar-refractivity contribution in [2.45, 2.75) is 13.1 Å². The van der Waals surface area contributed by atoms with Crippen LogP contribution in [-0.2, 0) is 22.7 Å². The van der Waals surface area contributed by atoms with Crippen LogP contribution in [0.15, 0.2) is 101 Å². The van der Waals surface area contributed by atoms with Gasteiger partial charge in [-0.15, -0.1) is 0 Å². The number of carbonyl (C=O) groups excluding carboxylic acids is 2. The highest BCUT2D eigenvalue weighted by molar-refractivity contribution is 7.80. The van der Waals surface area contributed by atoms with Crippen LogP contribution < -0.4 is 19.7 Å². The van der Waals surface area contributed by atoms with Gasteiger partial charge in [-0.25, -0.2) is 0 Å². The van der Waals surface area contributed by atoms with E-state index in [9.17, 15) is 14.5 Å². The first-order chi connectivity index (χ1) is 19.4. The highest BCUT2D eigenvalue weighted by Crippen LogP contribution is 2.28. The van der Waals surface area contributed by atoms with Crippen molar-refractivity contribution in [1.29, 1.82) is 0 Å². The number of benzene rings is 3. The van der Waals surface area contributed by atoms with Crippen molar-refractivity contribution in [3.05, 3.63) is 119 Å². The molecule has 5 rings (SSSR count). The molecule has 1 saturated heterocycles. The maximum Gasteiger partial charge on any atom is 0.270 e. The molecule has 0 aliphatic carbocycles. The molecule has 1 fully saturated rings. The molecule has 1 aliphatic heterocycles. The van der Waals surface area contributed by atoms with Gasteiger partial charge in [0, 0.05) is 9.67 Å². The Morgan fingerprint density at radius 1 is 0.950 bits per heavy atom. The summed E-state index contributed by atoms with van der Waals surface area (Å²) in [6.07, 6.45) is 2.97. The molecule has 0 radical (unpaired) electrons. The highest BCUT2D eigenvalue weighted by atomic mass is 32.1. The third-order valence-electron chi connectivity index (χ3n) is 6.05. The van der Waals surface area contributed by atoms with E-state index in [1.54, 1.807) is 54.6 Å². The second-order valence-electron chi connectivity index (χ2n) is 8.82. The van der Waals surface area contributed by atoms with Gasteiger partial charge < -0.3 is 13.9 Å². The highest BCUT2D eigenvalue weighted by Gasteiger charge is 2.34. The van der Waals surface area contributed by atoms with Gasteiger partial charge in [-0.05, 0) is 84.5 Å². The summed E-state index contributed by atoms with van der Waals surface area (Å²) in [4.78, 5) is 40.1. The van der Waals surface area contributed by atoms with Crippen LogP contribution in [0.25, 0.3) is 6.08 Å². The number of nitrogens with zero attached hydrogens (tertiary/aromatic N) is 2. The van der Waals surface area contributed by atoms with E-state index >= 15 is 0 Å². The van der Waals surface area contributed by atoms with Crippen molar-refractivity contribution < 1.29 is 28.2 Å². The fourth-order valence-corrected chi connectivity index (χ4v) is 4.46. The minimum Gasteiger partial charge on any atom is -0.496 e. The van der Waals surface area contributed by atoms with E-state index in [-0.39, 0.29) is 23.8 Å². The van der Waals surface area contributed by atoms with Gasteiger partial charge in [0.15, 0.2) is 10.9 Å². The molecule has 3 aromatic carbocycles. The summed E-state index contributed by atoms with van der Waals surface area (Å²) in [5.41, 5.74) is 1.49. The Balaban J connectivity index is 1.37. The lowest BCUT2D eigenvalue weighted by Crippen LogP contribution is -2.54. The minimum atomic E-state index is -0.615. The monoisotopic (exact) mass is 554 g/mol. The van der Waals surface area contributed by atoms with Crippen molar-refractivity contribution in [3.63, 3.8) is 0 Å². The molecule has 0 bridgehead atoms. The quantitative estimate of drug-likeness (QED) is 0.128. The van der Waals surface area contributed by atoms with Crippen LogP contribution >= 0.6 is 12.2 Å². The molecule has 0 spiro atoms. The molecule has 2 amide bonds. The first-order valence-electron chi connectivity index (χ1n) is 12.3. The number of ether oxygens (including phenoxy) is 2. The third-order valence-corrected chi connectivity index (χ3v) is 6.33. The molecule has 2 heterocycles. The Bertz CT molecular complexity index is 1600. The molecule has 1 N–H and O–H groups in total. The van der Waals surface area contributed by atoms with Gasteiger partial charge in [0.25, 0.3) is 11.8 Å². The van der Waals surface area contributed by atoms with Gasteiger partial charge in [-0.1, -0.05) is 24.3 Å². The molecule has 1 aromatic heterocycles. The smallest absolute Gasteiger partial charge is 0.270 e. The summed E-state index contributed by atoms with van der Waals surface area (Å²) in [7, 11) is 1.51. The van der Waals surface area contributed by atoms with Gasteiger partial charge in [0.1, 0.15) is 22.8 Å². The number of para-hydroxylation sites is 1. The molecule has 0 atom stereocenters. The topological polar surface area (TPSA) is 101 Å². The number of hydrogen-bond donors (Lipinski definition) is 1. The minimum absolute atomic E-state index is 0.00857. The number of carbonyl (C=O) groups is 2. The second kappa shape index (κ2) is 11.7. The molecule has 4 aromatic rings. The van der Waals surface area contributed by atoms with E-state index in [0.717, 1.165) is 4.76 Å². The number of amides is 2. The van der Waals surface area contributed by atoms with E-state index in [1.807, 2.05) is 30.3 Å². The van der Waals surface area contributed by atoms with E-state index < -0.39 is 11.8 Å². The normalized spacial score (nSPS) is 14.3. The fraction of sp³-hybridized carbons (Fsp3) is 0.100. The first kappa shape index (κ1) is 26.5. The Morgan fingerprint density at radius 3 is 2.40 bits per heavy atom. The number of nitroso groups, excluding NO2 is 1. The number of furan rings is 1. The van der Waals surface area contributed by atoms with Crippen LogP contribution in [0.2, 0.25) is 0 Å². The summed E-state index contributed by atoms with van der Waals surface area (Å²) in [6.45, 7) is 0.0680. The maximum atomic E-state index is 13.5. The van der Waals surface area contributed by atoms with Gasteiger partial charge >= 0.3 is 0 Å². The number of hydrogen-bond acceptors (Lipinski definition) is 7. The predicted molar refractivity (Wildman–Crippen MR) is 152 cm³/mol. The van der Waals surface area contributed by atoms with E-state index in [1.165, 1.54) is 24.3 Å². The Morgan fingerprint density at radius 2 is 1.70 bits per heavy atom. The Kier molecular flexibility index (Phi) is 7.79. The van der Waals surface area contributed by atoms with Crippen LogP contribution in [0.1, 0.15) is 16.9 Å². The lowest BCUT2D eigenvalue weighted by molar-refractivity contribution is -0.582. The van der Waals surface area contributed by atoms with Crippen molar-refractivity contribution >= 4 is 40.9 Å². The summed E-state index contributed by atoms with van der Waals surface area (Å²) in [5.74, 6) is 1.10. The van der Waals surface area contributed by atoms with E-state index in [0.29, 0.717) is 39.8 Å². The molecule has 10 heteroatoms. The van der Waals surface area contributed by atoms with Gasteiger partial charge in [-0.2, -0.15) is 0 Å². The lowest BCUT2D eigenvalue weighted by atomic mass is 10.0. The number of thiocarbonyl (C=S) groups is 1. The molecule has 200 valence electrons. The summed E-state index contributed by atoms with van der Waals surface area (Å²) < 4.78 is 17.3. The third kappa shape index (κ3) is 5.97. The van der Waals surface area contributed by atoms with Crippen LogP contribution in [0, 0.1) is 4.91 Å². The molecule has 0 unspecified atom stereocenters. The largest absolute Gasteiger partial charge is 0.496 e. The van der Waals surface area contributed by atoms with Crippen LogP contribution in [0.5, 0.6) is 17.2 Å². The van der Waals surface area contributed by atoms with Gasteiger partial charge in [0.05, 0.1) is 24.6 Å². The Labute approximate surface area is 235 Å². The van der Waals surface area contributed by atoms with Crippen LogP contribution in [0.3, 0.4) is 0 Å².